The molecule has 110 valence electrons. The molecule has 1 heterocycles. The molecule has 0 N–H and O–H groups in total. The molecule has 2 atom stereocenters. The molecule has 4 heteroatoms. The Hall–Kier alpha value is -0.740. The number of Topliss-reactive ketones (excluding diaryl/α,β-unsaturated/α-hetero) is 1. The number of hydrogen-bond acceptors (Lipinski definition) is 3. The van der Waals surface area contributed by atoms with Gasteiger partial charge in [0.15, 0.2) is 5.78 Å². The van der Waals surface area contributed by atoms with Gasteiger partial charge in [-0.05, 0) is 60.4 Å². The summed E-state index contributed by atoms with van der Waals surface area (Å²) in [7, 11) is 4.07. The third-order valence-corrected chi connectivity index (χ3v) is 4.91. The fourth-order valence-electron chi connectivity index (χ4n) is 3.33. The first kappa shape index (κ1) is 15.6. The standard InChI is InChI=1S/C16H23BrN2O/c1-12-5-4-6-16(9-12,19(2)3)15(20)8-13-7-14(17)11-18-10-13/h7,10-12H,4-6,8-9H2,1-3H3. The zero-order valence-corrected chi connectivity index (χ0v) is 14.1. The summed E-state index contributed by atoms with van der Waals surface area (Å²) in [6.45, 7) is 2.26. The van der Waals surface area contributed by atoms with Crippen LogP contribution in [-0.2, 0) is 11.2 Å². The second kappa shape index (κ2) is 6.35. The SMILES string of the molecule is CC1CCCC(C(=O)Cc2cncc(Br)c2)(N(C)C)C1. The summed E-state index contributed by atoms with van der Waals surface area (Å²) in [4.78, 5) is 19.2. The van der Waals surface area contributed by atoms with Crippen LogP contribution in [0.15, 0.2) is 22.9 Å². The Morgan fingerprint density at radius 2 is 2.25 bits per heavy atom. The van der Waals surface area contributed by atoms with Crippen LogP contribution in [-0.4, -0.2) is 35.3 Å². The number of likely N-dealkylation sites (N-methyl/N-ethyl adjacent to an activating group) is 1. The minimum atomic E-state index is -0.292. The summed E-state index contributed by atoms with van der Waals surface area (Å²) in [6, 6.07) is 1.99. The highest BCUT2D eigenvalue weighted by Gasteiger charge is 2.42. The molecule has 0 radical (unpaired) electrons. The molecule has 0 saturated heterocycles. The van der Waals surface area contributed by atoms with E-state index in [1.165, 1.54) is 6.42 Å². The summed E-state index contributed by atoms with van der Waals surface area (Å²) in [5.41, 5.74) is 0.698. The monoisotopic (exact) mass is 338 g/mol. The van der Waals surface area contributed by atoms with E-state index in [1.807, 2.05) is 20.2 Å². The number of nitrogens with zero attached hydrogens (tertiary/aromatic N) is 2. The largest absolute Gasteiger partial charge is 0.297 e. The summed E-state index contributed by atoms with van der Waals surface area (Å²) in [6.07, 6.45) is 8.34. The van der Waals surface area contributed by atoms with Crippen LogP contribution in [0.25, 0.3) is 0 Å². The van der Waals surface area contributed by atoms with Crippen LogP contribution in [0.1, 0.15) is 38.2 Å². The lowest BCUT2D eigenvalue weighted by molar-refractivity contribution is -0.132. The number of ketones is 1. The van der Waals surface area contributed by atoms with Crippen LogP contribution in [0.4, 0.5) is 0 Å². The fraction of sp³-hybridized carbons (Fsp3) is 0.625. The molecule has 1 aliphatic rings. The van der Waals surface area contributed by atoms with Crippen LogP contribution < -0.4 is 0 Å². The molecular formula is C16H23BrN2O. The molecule has 1 aliphatic carbocycles. The number of aromatic nitrogens is 1. The molecule has 1 fully saturated rings. The van der Waals surface area contributed by atoms with Gasteiger partial charge in [-0.25, -0.2) is 0 Å². The van der Waals surface area contributed by atoms with E-state index >= 15 is 0 Å². The lowest BCUT2D eigenvalue weighted by Crippen LogP contribution is -2.54. The molecule has 1 aromatic heterocycles. The third-order valence-electron chi connectivity index (χ3n) is 4.47. The van der Waals surface area contributed by atoms with Crippen molar-refractivity contribution in [3.05, 3.63) is 28.5 Å². The molecule has 2 unspecified atom stereocenters. The Bertz CT molecular complexity index is 489. The van der Waals surface area contributed by atoms with E-state index in [1.54, 1.807) is 12.4 Å². The van der Waals surface area contributed by atoms with Crippen molar-refractivity contribution in [1.29, 1.82) is 0 Å². The van der Waals surface area contributed by atoms with E-state index in [0.29, 0.717) is 18.1 Å². The lowest BCUT2D eigenvalue weighted by atomic mass is 9.72. The van der Waals surface area contributed by atoms with E-state index < -0.39 is 0 Å². The average molecular weight is 339 g/mol. The topological polar surface area (TPSA) is 33.2 Å². The van der Waals surface area contributed by atoms with Crippen LogP contribution in [0.5, 0.6) is 0 Å². The molecular weight excluding hydrogens is 316 g/mol. The Morgan fingerprint density at radius 3 is 2.85 bits per heavy atom. The van der Waals surface area contributed by atoms with Crippen molar-refractivity contribution in [3.63, 3.8) is 0 Å². The maximum absolute atomic E-state index is 12.9. The average Bonchev–Trinajstić information content (AvgIpc) is 2.38. The molecule has 0 amide bonds. The van der Waals surface area contributed by atoms with Gasteiger partial charge in [-0.3, -0.25) is 14.7 Å². The summed E-state index contributed by atoms with van der Waals surface area (Å²) in [5.74, 6) is 0.949. The van der Waals surface area contributed by atoms with Crippen molar-refractivity contribution < 1.29 is 4.79 Å². The summed E-state index contributed by atoms with van der Waals surface area (Å²) in [5, 5.41) is 0. The van der Waals surface area contributed by atoms with E-state index in [-0.39, 0.29) is 5.54 Å². The minimum absolute atomic E-state index is 0.292. The predicted octanol–water partition coefficient (Wildman–Crippen LogP) is 3.47. The Kier molecular flexibility index (Phi) is 4.97. The highest BCUT2D eigenvalue weighted by molar-refractivity contribution is 9.10. The van der Waals surface area contributed by atoms with Crippen molar-refractivity contribution in [2.24, 2.45) is 5.92 Å². The van der Waals surface area contributed by atoms with Gasteiger partial charge in [0, 0.05) is 23.3 Å². The van der Waals surface area contributed by atoms with Gasteiger partial charge in [0.1, 0.15) is 0 Å². The molecule has 0 aliphatic heterocycles. The van der Waals surface area contributed by atoms with Crippen LogP contribution in [0, 0.1) is 5.92 Å². The summed E-state index contributed by atoms with van der Waals surface area (Å²) >= 11 is 3.42. The van der Waals surface area contributed by atoms with Gasteiger partial charge in [0.2, 0.25) is 0 Å². The Labute approximate surface area is 129 Å². The lowest BCUT2D eigenvalue weighted by Gasteiger charge is -2.44. The second-order valence-electron chi connectivity index (χ2n) is 6.24. The van der Waals surface area contributed by atoms with Crippen LogP contribution >= 0.6 is 15.9 Å². The zero-order chi connectivity index (χ0) is 14.8. The maximum Gasteiger partial charge on any atom is 0.157 e. The quantitative estimate of drug-likeness (QED) is 0.842. The molecule has 20 heavy (non-hydrogen) atoms. The van der Waals surface area contributed by atoms with E-state index in [0.717, 1.165) is 29.3 Å². The van der Waals surface area contributed by atoms with Gasteiger partial charge in [0.05, 0.1) is 5.54 Å². The minimum Gasteiger partial charge on any atom is -0.297 e. The second-order valence-corrected chi connectivity index (χ2v) is 7.15. The maximum atomic E-state index is 12.9. The number of pyridine rings is 1. The van der Waals surface area contributed by atoms with E-state index in [9.17, 15) is 4.79 Å². The van der Waals surface area contributed by atoms with Crippen molar-refractivity contribution in [2.75, 3.05) is 14.1 Å². The number of hydrogen-bond donors (Lipinski definition) is 0. The molecule has 0 bridgehead atoms. The number of carbonyl (C=O) groups excluding carboxylic acids is 1. The van der Waals surface area contributed by atoms with Gasteiger partial charge in [-0.2, -0.15) is 0 Å². The first-order valence-electron chi connectivity index (χ1n) is 7.24. The zero-order valence-electron chi connectivity index (χ0n) is 12.5. The van der Waals surface area contributed by atoms with Gasteiger partial charge >= 0.3 is 0 Å². The fourth-order valence-corrected chi connectivity index (χ4v) is 3.75. The molecule has 3 nitrogen and oxygen atoms in total. The van der Waals surface area contributed by atoms with Crippen molar-refractivity contribution in [1.82, 2.24) is 9.88 Å². The summed E-state index contributed by atoms with van der Waals surface area (Å²) < 4.78 is 0.929. The highest BCUT2D eigenvalue weighted by atomic mass is 79.9. The smallest absolute Gasteiger partial charge is 0.157 e. The molecule has 2 rings (SSSR count). The van der Waals surface area contributed by atoms with Gasteiger partial charge < -0.3 is 0 Å². The normalized spacial score (nSPS) is 26.8. The van der Waals surface area contributed by atoms with Gasteiger partial charge in [-0.15, -0.1) is 0 Å². The van der Waals surface area contributed by atoms with Crippen molar-refractivity contribution in [2.45, 2.75) is 44.6 Å². The predicted molar refractivity (Wildman–Crippen MR) is 84.7 cm³/mol. The molecule has 0 aromatic carbocycles. The van der Waals surface area contributed by atoms with Gasteiger partial charge in [-0.1, -0.05) is 19.8 Å². The number of carbonyl (C=O) groups is 1. The van der Waals surface area contributed by atoms with E-state index in [4.69, 9.17) is 0 Å². The van der Waals surface area contributed by atoms with Crippen LogP contribution in [0.2, 0.25) is 0 Å². The number of halogens is 1. The van der Waals surface area contributed by atoms with Gasteiger partial charge in [0.25, 0.3) is 0 Å². The first-order chi connectivity index (χ1) is 9.44. The molecule has 1 aromatic rings. The highest BCUT2D eigenvalue weighted by Crippen LogP contribution is 2.37. The third kappa shape index (κ3) is 3.29. The van der Waals surface area contributed by atoms with Crippen molar-refractivity contribution in [3.8, 4) is 0 Å². The molecule has 0 spiro atoms. The number of rotatable bonds is 4. The first-order valence-corrected chi connectivity index (χ1v) is 8.03. The molecule has 1 saturated carbocycles. The van der Waals surface area contributed by atoms with Crippen molar-refractivity contribution >= 4 is 21.7 Å². The Balaban J connectivity index is 2.19. The van der Waals surface area contributed by atoms with E-state index in [2.05, 4.69) is 32.7 Å². The van der Waals surface area contributed by atoms with Crippen LogP contribution in [0.3, 0.4) is 0 Å². The Morgan fingerprint density at radius 1 is 1.50 bits per heavy atom.